The second kappa shape index (κ2) is 7.98. The summed E-state index contributed by atoms with van der Waals surface area (Å²) >= 11 is 3.18. The molecule has 0 aliphatic heterocycles. The molecule has 0 aliphatic carbocycles. The van der Waals surface area contributed by atoms with Crippen LogP contribution in [0, 0.1) is 13.8 Å². The molecule has 0 radical (unpaired) electrons. The van der Waals surface area contributed by atoms with Crippen molar-refractivity contribution in [1.29, 1.82) is 0 Å². The highest BCUT2D eigenvalue weighted by Gasteiger charge is 2.35. The van der Waals surface area contributed by atoms with Crippen LogP contribution in [-0.4, -0.2) is 15.2 Å². The van der Waals surface area contributed by atoms with E-state index in [1.807, 2.05) is 6.07 Å². The largest absolute Gasteiger partial charge is 0.505 e. The summed E-state index contributed by atoms with van der Waals surface area (Å²) in [4.78, 5) is 2.64. The molecule has 0 saturated carbocycles. The van der Waals surface area contributed by atoms with Gasteiger partial charge in [-0.1, -0.05) is 35.4 Å². The molecule has 0 saturated heterocycles. The third-order valence-corrected chi connectivity index (χ3v) is 5.61. The van der Waals surface area contributed by atoms with E-state index in [2.05, 4.69) is 31.1 Å². The van der Waals surface area contributed by atoms with Crippen molar-refractivity contribution < 1.29 is 23.4 Å². The van der Waals surface area contributed by atoms with Crippen LogP contribution in [0.3, 0.4) is 0 Å². The molecule has 4 aromatic rings. The number of hydrogen-bond acceptors (Lipinski definition) is 4. The van der Waals surface area contributed by atoms with Crippen LogP contribution in [-0.2, 0) is 6.18 Å². The summed E-state index contributed by atoms with van der Waals surface area (Å²) in [7, 11) is 0. The zero-order chi connectivity index (χ0) is 23.2. The number of H-pyrrole nitrogens is 1. The van der Waals surface area contributed by atoms with Crippen LogP contribution in [0.15, 0.2) is 63.2 Å². The summed E-state index contributed by atoms with van der Waals surface area (Å²) in [6.45, 7) is 3.61. The van der Waals surface area contributed by atoms with Crippen molar-refractivity contribution in [2.75, 3.05) is 0 Å². The molecular formula is C23H17BrF3N3O2. The van der Waals surface area contributed by atoms with Gasteiger partial charge in [0.25, 0.3) is 0 Å². The minimum atomic E-state index is -4.61. The summed E-state index contributed by atoms with van der Waals surface area (Å²) in [5.41, 5.74) is 1.28. The molecule has 164 valence electrons. The molecule has 3 N–H and O–H groups in total. The topological polar surface area (TPSA) is 81.0 Å². The van der Waals surface area contributed by atoms with Gasteiger partial charge in [0, 0.05) is 10.9 Å². The smallest absolute Gasteiger partial charge is 0.417 e. The van der Waals surface area contributed by atoms with Gasteiger partial charge in [0.05, 0.1) is 15.6 Å². The van der Waals surface area contributed by atoms with Gasteiger partial charge in [-0.15, -0.1) is 10.2 Å². The molecule has 9 heteroatoms. The van der Waals surface area contributed by atoms with Crippen LogP contribution in [0.5, 0.6) is 11.6 Å². The number of nitrogens with one attached hydrogen (secondary N) is 1. The first kappa shape index (κ1) is 21.9. The van der Waals surface area contributed by atoms with Gasteiger partial charge in [0.1, 0.15) is 5.69 Å². The van der Waals surface area contributed by atoms with Gasteiger partial charge in [0.15, 0.2) is 11.4 Å². The molecule has 0 amide bonds. The summed E-state index contributed by atoms with van der Waals surface area (Å²) in [5, 5.41) is 28.8. The van der Waals surface area contributed by atoms with Gasteiger partial charge in [0.2, 0.25) is 5.88 Å². The second-order valence-electron chi connectivity index (χ2n) is 7.41. The van der Waals surface area contributed by atoms with E-state index < -0.39 is 17.6 Å². The number of nitrogens with zero attached hydrogens (tertiary/aromatic N) is 2. The van der Waals surface area contributed by atoms with Crippen molar-refractivity contribution in [2.45, 2.75) is 20.0 Å². The number of hydrogen-bond donors (Lipinski definition) is 3. The molecule has 4 rings (SSSR count). The molecular weight excluding hydrogens is 487 g/mol. The SMILES string of the molecule is Cc1cc(C)cc(-c2c(C(F)(F)F)ccc3c(N=Nc4cccc(Br)c4O)c(O)[nH]c23)c1. The molecule has 0 atom stereocenters. The Kier molecular flexibility index (Phi) is 5.46. The lowest BCUT2D eigenvalue weighted by Crippen LogP contribution is -2.07. The first-order chi connectivity index (χ1) is 15.1. The molecule has 0 unspecified atom stereocenters. The van der Waals surface area contributed by atoms with E-state index in [1.54, 1.807) is 38.1 Å². The number of aryl methyl sites for hydroxylation is 2. The lowest BCUT2D eigenvalue weighted by Gasteiger charge is -2.15. The highest BCUT2D eigenvalue weighted by atomic mass is 79.9. The molecule has 5 nitrogen and oxygen atoms in total. The highest BCUT2D eigenvalue weighted by molar-refractivity contribution is 9.10. The molecule has 0 aliphatic rings. The number of aromatic amines is 1. The Labute approximate surface area is 189 Å². The van der Waals surface area contributed by atoms with E-state index in [9.17, 15) is 23.4 Å². The van der Waals surface area contributed by atoms with E-state index >= 15 is 0 Å². The van der Waals surface area contributed by atoms with Crippen molar-refractivity contribution >= 4 is 38.2 Å². The van der Waals surface area contributed by atoms with E-state index in [0.717, 1.165) is 17.2 Å². The number of aromatic hydroxyl groups is 2. The Morgan fingerprint density at radius 1 is 0.938 bits per heavy atom. The predicted octanol–water partition coefficient (Wildman–Crippen LogP) is 8.06. The van der Waals surface area contributed by atoms with Gasteiger partial charge >= 0.3 is 6.18 Å². The zero-order valence-corrected chi connectivity index (χ0v) is 18.5. The normalized spacial score (nSPS) is 12.2. The van der Waals surface area contributed by atoms with Gasteiger partial charge in [-0.2, -0.15) is 13.2 Å². The number of azo groups is 1. The van der Waals surface area contributed by atoms with Crippen molar-refractivity contribution in [3.63, 3.8) is 0 Å². The first-order valence-corrected chi connectivity index (χ1v) is 10.3. The van der Waals surface area contributed by atoms with Crippen LogP contribution in [0.1, 0.15) is 16.7 Å². The maximum atomic E-state index is 13.9. The number of para-hydroxylation sites is 1. The Balaban J connectivity index is 1.97. The fourth-order valence-corrected chi connectivity index (χ4v) is 4.04. The summed E-state index contributed by atoms with van der Waals surface area (Å²) < 4.78 is 42.0. The Bertz CT molecular complexity index is 1360. The summed E-state index contributed by atoms with van der Waals surface area (Å²) in [5.74, 6) is -0.575. The average molecular weight is 504 g/mol. The fourth-order valence-electron chi connectivity index (χ4n) is 3.68. The third-order valence-electron chi connectivity index (χ3n) is 4.97. The van der Waals surface area contributed by atoms with Gasteiger partial charge in [-0.3, -0.25) is 0 Å². The van der Waals surface area contributed by atoms with Crippen molar-refractivity contribution in [2.24, 2.45) is 10.2 Å². The summed E-state index contributed by atoms with van der Waals surface area (Å²) in [6.07, 6.45) is -4.61. The minimum Gasteiger partial charge on any atom is -0.505 e. The quantitative estimate of drug-likeness (QED) is 0.247. The lowest BCUT2D eigenvalue weighted by atomic mass is 9.94. The number of aromatic nitrogens is 1. The molecule has 3 aromatic carbocycles. The van der Waals surface area contributed by atoms with Gasteiger partial charge in [-0.25, -0.2) is 0 Å². The van der Waals surface area contributed by atoms with E-state index in [4.69, 9.17) is 0 Å². The fraction of sp³-hybridized carbons (Fsp3) is 0.130. The summed E-state index contributed by atoms with van der Waals surface area (Å²) in [6, 6.07) is 12.2. The zero-order valence-electron chi connectivity index (χ0n) is 16.9. The van der Waals surface area contributed by atoms with E-state index in [0.29, 0.717) is 10.0 Å². The van der Waals surface area contributed by atoms with Crippen LogP contribution < -0.4 is 0 Å². The van der Waals surface area contributed by atoms with Crippen molar-refractivity contribution in [1.82, 2.24) is 4.98 Å². The number of phenolic OH excluding ortho intramolecular Hbond substituents is 1. The second-order valence-corrected chi connectivity index (χ2v) is 8.27. The van der Waals surface area contributed by atoms with Crippen LogP contribution in [0.4, 0.5) is 24.5 Å². The monoisotopic (exact) mass is 503 g/mol. The molecule has 32 heavy (non-hydrogen) atoms. The maximum absolute atomic E-state index is 13.9. The standard InChI is InChI=1S/C23H17BrF3N3O2/c1-11-8-12(2)10-13(9-11)18-15(23(25,26)27)7-6-14-19(18)28-22(32)20(14)30-29-17-5-3-4-16(24)21(17)31/h3-10,28,31-32H,1-2H3. The first-order valence-electron chi connectivity index (χ1n) is 9.49. The number of benzene rings is 3. The van der Waals surface area contributed by atoms with Crippen LogP contribution in [0.2, 0.25) is 0 Å². The van der Waals surface area contributed by atoms with E-state index in [1.165, 1.54) is 12.1 Å². The van der Waals surface area contributed by atoms with E-state index in [-0.39, 0.29) is 33.6 Å². The van der Waals surface area contributed by atoms with Crippen molar-refractivity contribution in [3.8, 4) is 22.8 Å². The molecule has 1 aromatic heterocycles. The molecule has 0 fully saturated rings. The van der Waals surface area contributed by atoms with Crippen LogP contribution in [0.25, 0.3) is 22.0 Å². The number of alkyl halides is 3. The Morgan fingerprint density at radius 2 is 1.62 bits per heavy atom. The molecule has 0 bridgehead atoms. The Hall–Kier alpha value is -3.33. The average Bonchev–Trinajstić information content (AvgIpc) is 3.02. The third kappa shape index (κ3) is 3.95. The number of halogens is 4. The number of rotatable bonds is 3. The van der Waals surface area contributed by atoms with Crippen LogP contribution >= 0.6 is 15.9 Å². The van der Waals surface area contributed by atoms with Crippen molar-refractivity contribution in [3.05, 3.63) is 69.7 Å². The Morgan fingerprint density at radius 3 is 2.28 bits per heavy atom. The van der Waals surface area contributed by atoms with Gasteiger partial charge < -0.3 is 15.2 Å². The molecule has 1 heterocycles. The predicted molar refractivity (Wildman–Crippen MR) is 120 cm³/mol. The maximum Gasteiger partial charge on any atom is 0.417 e. The highest BCUT2D eigenvalue weighted by Crippen LogP contribution is 2.46. The lowest BCUT2D eigenvalue weighted by molar-refractivity contribution is -0.137. The number of phenols is 1. The number of fused-ring (bicyclic) bond motifs is 1. The minimum absolute atomic E-state index is 0.0290. The van der Waals surface area contributed by atoms with Gasteiger partial charge in [-0.05, 0) is 59.6 Å². The molecule has 0 spiro atoms.